The SMILES string of the molecule is Cn1ccc(CC(NN)C(C)(C)C)n1. The molecule has 0 aliphatic rings. The molecule has 0 radical (unpaired) electrons. The molecule has 4 heteroatoms. The van der Waals surface area contributed by atoms with Crippen molar-refractivity contribution in [3.63, 3.8) is 0 Å². The zero-order chi connectivity index (χ0) is 10.8. The summed E-state index contributed by atoms with van der Waals surface area (Å²) in [6.07, 6.45) is 2.81. The van der Waals surface area contributed by atoms with Crippen molar-refractivity contribution in [1.82, 2.24) is 15.2 Å². The van der Waals surface area contributed by atoms with E-state index in [9.17, 15) is 0 Å². The zero-order valence-electron chi connectivity index (χ0n) is 9.41. The molecule has 0 spiro atoms. The first-order valence-corrected chi connectivity index (χ1v) is 4.88. The van der Waals surface area contributed by atoms with Gasteiger partial charge in [0.25, 0.3) is 0 Å². The molecule has 80 valence electrons. The van der Waals surface area contributed by atoms with Gasteiger partial charge in [0.2, 0.25) is 0 Å². The Morgan fingerprint density at radius 1 is 1.57 bits per heavy atom. The first-order chi connectivity index (χ1) is 6.43. The molecule has 0 saturated heterocycles. The van der Waals surface area contributed by atoms with Gasteiger partial charge in [0.05, 0.1) is 5.69 Å². The van der Waals surface area contributed by atoms with Gasteiger partial charge in [-0.15, -0.1) is 0 Å². The Kier molecular flexibility index (Phi) is 3.29. The molecular formula is C10H20N4. The van der Waals surface area contributed by atoms with E-state index in [1.54, 1.807) is 0 Å². The zero-order valence-corrected chi connectivity index (χ0v) is 9.41. The molecule has 0 bridgehead atoms. The lowest BCUT2D eigenvalue weighted by Gasteiger charge is -2.29. The molecule has 0 aliphatic heterocycles. The lowest BCUT2D eigenvalue weighted by atomic mass is 9.84. The van der Waals surface area contributed by atoms with E-state index >= 15 is 0 Å². The van der Waals surface area contributed by atoms with Crippen LogP contribution in [0.4, 0.5) is 0 Å². The topological polar surface area (TPSA) is 55.9 Å². The van der Waals surface area contributed by atoms with E-state index in [1.165, 1.54) is 0 Å². The molecule has 0 fully saturated rings. The molecule has 1 aromatic rings. The number of nitrogens with one attached hydrogen (secondary N) is 1. The van der Waals surface area contributed by atoms with Crippen LogP contribution >= 0.6 is 0 Å². The average molecular weight is 196 g/mol. The maximum atomic E-state index is 5.53. The van der Waals surface area contributed by atoms with Crippen LogP contribution in [0.2, 0.25) is 0 Å². The van der Waals surface area contributed by atoms with E-state index in [0.29, 0.717) is 0 Å². The Bertz CT molecular complexity index is 285. The van der Waals surface area contributed by atoms with Crippen molar-refractivity contribution in [2.45, 2.75) is 33.2 Å². The largest absolute Gasteiger partial charge is 0.276 e. The van der Waals surface area contributed by atoms with E-state index in [-0.39, 0.29) is 11.5 Å². The smallest absolute Gasteiger partial charge is 0.0640 e. The molecule has 1 heterocycles. The number of hydrazine groups is 1. The maximum Gasteiger partial charge on any atom is 0.0640 e. The average Bonchev–Trinajstić information content (AvgIpc) is 2.45. The standard InChI is InChI=1S/C10H20N4/c1-10(2,3)9(12-11)7-8-5-6-14(4)13-8/h5-6,9,12H,7,11H2,1-4H3. The molecule has 0 aliphatic carbocycles. The van der Waals surface area contributed by atoms with Crippen LogP contribution in [0.1, 0.15) is 26.5 Å². The lowest BCUT2D eigenvalue weighted by Crippen LogP contribution is -2.45. The van der Waals surface area contributed by atoms with Gasteiger partial charge >= 0.3 is 0 Å². The van der Waals surface area contributed by atoms with Crippen molar-refractivity contribution in [2.24, 2.45) is 18.3 Å². The predicted octanol–water partition coefficient (Wildman–Crippen LogP) is 0.841. The summed E-state index contributed by atoms with van der Waals surface area (Å²) in [5.41, 5.74) is 4.07. The lowest BCUT2D eigenvalue weighted by molar-refractivity contribution is 0.267. The summed E-state index contributed by atoms with van der Waals surface area (Å²) in [6.45, 7) is 6.50. The van der Waals surface area contributed by atoms with Crippen molar-refractivity contribution in [2.75, 3.05) is 0 Å². The van der Waals surface area contributed by atoms with E-state index in [1.807, 2.05) is 24.0 Å². The second-order valence-corrected chi connectivity index (χ2v) is 4.77. The van der Waals surface area contributed by atoms with Crippen LogP contribution in [-0.2, 0) is 13.5 Å². The highest BCUT2D eigenvalue weighted by atomic mass is 15.3. The molecule has 0 saturated carbocycles. The number of hydrogen-bond donors (Lipinski definition) is 2. The maximum absolute atomic E-state index is 5.53. The molecular weight excluding hydrogens is 176 g/mol. The van der Waals surface area contributed by atoms with Crippen molar-refractivity contribution in [3.8, 4) is 0 Å². The summed E-state index contributed by atoms with van der Waals surface area (Å²) < 4.78 is 1.81. The van der Waals surface area contributed by atoms with E-state index in [0.717, 1.165) is 12.1 Å². The summed E-state index contributed by atoms with van der Waals surface area (Å²) in [4.78, 5) is 0. The fraction of sp³-hybridized carbons (Fsp3) is 0.700. The van der Waals surface area contributed by atoms with Gasteiger partial charge in [0.1, 0.15) is 0 Å². The highest BCUT2D eigenvalue weighted by molar-refractivity contribution is 5.02. The minimum absolute atomic E-state index is 0.145. The molecule has 14 heavy (non-hydrogen) atoms. The quantitative estimate of drug-likeness (QED) is 0.556. The summed E-state index contributed by atoms with van der Waals surface area (Å²) in [5, 5.41) is 4.33. The van der Waals surface area contributed by atoms with Crippen LogP contribution in [0.25, 0.3) is 0 Å². The highest BCUT2D eigenvalue weighted by Gasteiger charge is 2.24. The van der Waals surface area contributed by atoms with E-state index in [2.05, 4.69) is 31.3 Å². The summed E-state index contributed by atoms with van der Waals surface area (Å²) in [6, 6.07) is 2.27. The number of aromatic nitrogens is 2. The molecule has 0 amide bonds. The molecule has 1 unspecified atom stereocenters. The number of aryl methyl sites for hydroxylation is 1. The fourth-order valence-electron chi connectivity index (χ4n) is 1.40. The third kappa shape index (κ3) is 2.82. The monoisotopic (exact) mass is 196 g/mol. The summed E-state index contributed by atoms with van der Waals surface area (Å²) >= 11 is 0. The van der Waals surface area contributed by atoms with Gasteiger partial charge in [-0.3, -0.25) is 16.0 Å². The van der Waals surface area contributed by atoms with Crippen LogP contribution in [-0.4, -0.2) is 15.8 Å². The van der Waals surface area contributed by atoms with Gasteiger partial charge in [-0.25, -0.2) is 0 Å². The number of nitrogens with zero attached hydrogens (tertiary/aromatic N) is 2. The number of rotatable bonds is 3. The molecule has 0 aromatic carbocycles. The van der Waals surface area contributed by atoms with Crippen LogP contribution in [0.5, 0.6) is 0 Å². The Morgan fingerprint density at radius 3 is 2.57 bits per heavy atom. The number of hydrogen-bond acceptors (Lipinski definition) is 3. The second kappa shape index (κ2) is 4.11. The molecule has 1 atom stereocenters. The summed E-state index contributed by atoms with van der Waals surface area (Å²) in [5.74, 6) is 5.53. The first kappa shape index (κ1) is 11.2. The van der Waals surface area contributed by atoms with Gasteiger partial charge in [-0.1, -0.05) is 20.8 Å². The van der Waals surface area contributed by atoms with Crippen LogP contribution in [0, 0.1) is 5.41 Å². The van der Waals surface area contributed by atoms with E-state index in [4.69, 9.17) is 5.84 Å². The molecule has 4 nitrogen and oxygen atoms in total. The van der Waals surface area contributed by atoms with Crippen molar-refractivity contribution < 1.29 is 0 Å². The van der Waals surface area contributed by atoms with Crippen molar-refractivity contribution >= 4 is 0 Å². The molecule has 1 rings (SSSR count). The van der Waals surface area contributed by atoms with Gasteiger partial charge in [-0.05, 0) is 11.5 Å². The van der Waals surface area contributed by atoms with Crippen molar-refractivity contribution in [1.29, 1.82) is 0 Å². The van der Waals surface area contributed by atoms with Crippen molar-refractivity contribution in [3.05, 3.63) is 18.0 Å². The Balaban J connectivity index is 2.66. The van der Waals surface area contributed by atoms with Crippen LogP contribution in [0.3, 0.4) is 0 Å². The van der Waals surface area contributed by atoms with Gasteiger partial charge in [-0.2, -0.15) is 5.10 Å². The Labute approximate surface area is 85.5 Å². The highest BCUT2D eigenvalue weighted by Crippen LogP contribution is 2.21. The van der Waals surface area contributed by atoms with E-state index < -0.39 is 0 Å². The first-order valence-electron chi connectivity index (χ1n) is 4.88. The van der Waals surface area contributed by atoms with Gasteiger partial charge < -0.3 is 0 Å². The molecule has 1 aromatic heterocycles. The Morgan fingerprint density at radius 2 is 2.21 bits per heavy atom. The fourth-order valence-corrected chi connectivity index (χ4v) is 1.40. The third-order valence-electron chi connectivity index (χ3n) is 2.43. The minimum atomic E-state index is 0.145. The van der Waals surface area contributed by atoms with Gasteiger partial charge in [0.15, 0.2) is 0 Å². The van der Waals surface area contributed by atoms with Crippen LogP contribution in [0.15, 0.2) is 12.3 Å². The van der Waals surface area contributed by atoms with Crippen LogP contribution < -0.4 is 11.3 Å². The minimum Gasteiger partial charge on any atom is -0.276 e. The predicted molar refractivity (Wildman–Crippen MR) is 57.5 cm³/mol. The molecule has 3 N–H and O–H groups in total. The third-order valence-corrected chi connectivity index (χ3v) is 2.43. The summed E-state index contributed by atoms with van der Waals surface area (Å²) in [7, 11) is 1.92. The normalized spacial score (nSPS) is 14.4. The second-order valence-electron chi connectivity index (χ2n) is 4.77. The number of nitrogens with two attached hydrogens (primary N) is 1. The van der Waals surface area contributed by atoms with Gasteiger partial charge in [0, 0.05) is 25.7 Å². The Hall–Kier alpha value is -0.870.